The lowest BCUT2D eigenvalue weighted by Crippen LogP contribution is -2.51. The lowest BCUT2D eigenvalue weighted by molar-refractivity contribution is -0.137. The molecule has 0 aromatic carbocycles. The van der Waals surface area contributed by atoms with Crippen LogP contribution >= 0.6 is 0 Å². The summed E-state index contributed by atoms with van der Waals surface area (Å²) in [5.74, 6) is 0.176. The van der Waals surface area contributed by atoms with Gasteiger partial charge >= 0.3 is 0 Å². The Bertz CT molecular complexity index is 229. The highest BCUT2D eigenvalue weighted by Crippen LogP contribution is 2.21. The van der Waals surface area contributed by atoms with E-state index in [1.54, 1.807) is 7.11 Å². The molecule has 0 radical (unpaired) electrons. The molecule has 1 heterocycles. The zero-order chi connectivity index (χ0) is 11.5. The predicted octanol–water partition coefficient (Wildman–Crippen LogP) is 0.622. The van der Waals surface area contributed by atoms with Crippen molar-refractivity contribution in [3.8, 4) is 0 Å². The van der Waals surface area contributed by atoms with E-state index in [1.807, 2.05) is 11.8 Å². The van der Waals surface area contributed by atoms with Gasteiger partial charge < -0.3 is 15.0 Å². The molecule has 1 aliphatic rings. The van der Waals surface area contributed by atoms with Crippen LogP contribution in [0.25, 0.3) is 0 Å². The summed E-state index contributed by atoms with van der Waals surface area (Å²) in [4.78, 5) is 14.0. The van der Waals surface area contributed by atoms with Crippen LogP contribution in [0.1, 0.15) is 27.2 Å². The number of carbonyl (C=O) groups excluding carboxylic acids is 1. The summed E-state index contributed by atoms with van der Waals surface area (Å²) in [5, 5.41) is 3.22. The quantitative estimate of drug-likeness (QED) is 0.749. The molecule has 0 aliphatic carbocycles. The lowest BCUT2D eigenvalue weighted by Gasteiger charge is -2.37. The largest absolute Gasteiger partial charge is 0.383 e. The number of rotatable bonds is 3. The van der Waals surface area contributed by atoms with E-state index < -0.39 is 0 Å². The number of amides is 1. The van der Waals surface area contributed by atoms with Gasteiger partial charge in [-0.15, -0.1) is 0 Å². The molecule has 88 valence electrons. The molecule has 0 bridgehead atoms. The first-order valence-electron chi connectivity index (χ1n) is 5.53. The summed E-state index contributed by atoms with van der Waals surface area (Å²) in [6, 6.07) is -0.0800. The van der Waals surface area contributed by atoms with E-state index in [0.717, 1.165) is 13.0 Å². The molecule has 1 fully saturated rings. The summed E-state index contributed by atoms with van der Waals surface area (Å²) >= 11 is 0. The summed E-state index contributed by atoms with van der Waals surface area (Å²) in [6.45, 7) is 8.31. The maximum absolute atomic E-state index is 12.1. The second-order valence-corrected chi connectivity index (χ2v) is 4.72. The van der Waals surface area contributed by atoms with Crippen LogP contribution in [0.4, 0.5) is 0 Å². The molecule has 4 nitrogen and oxygen atoms in total. The van der Waals surface area contributed by atoms with Crippen LogP contribution in [-0.4, -0.2) is 49.2 Å². The van der Waals surface area contributed by atoms with E-state index in [0.29, 0.717) is 13.2 Å². The van der Waals surface area contributed by atoms with Gasteiger partial charge in [0.15, 0.2) is 0 Å². The summed E-state index contributed by atoms with van der Waals surface area (Å²) < 4.78 is 5.05. The predicted molar refractivity (Wildman–Crippen MR) is 59.7 cm³/mol. The number of methoxy groups -OCH3 is 1. The number of hydrogen-bond acceptors (Lipinski definition) is 3. The van der Waals surface area contributed by atoms with E-state index in [1.165, 1.54) is 0 Å². The van der Waals surface area contributed by atoms with Gasteiger partial charge in [0, 0.05) is 19.2 Å². The molecule has 0 spiro atoms. The molecular formula is C11H22N2O2. The number of nitrogens with one attached hydrogen (secondary N) is 1. The molecule has 1 aliphatic heterocycles. The maximum Gasteiger partial charge on any atom is 0.239 e. The normalized spacial score (nSPS) is 26.5. The van der Waals surface area contributed by atoms with Gasteiger partial charge in [-0.05, 0) is 33.7 Å². The molecule has 1 unspecified atom stereocenters. The third kappa shape index (κ3) is 2.92. The molecule has 15 heavy (non-hydrogen) atoms. The van der Waals surface area contributed by atoms with E-state index in [-0.39, 0.29) is 17.5 Å². The average Bonchev–Trinajstić information content (AvgIpc) is 2.24. The number of hydrogen-bond donors (Lipinski definition) is 1. The standard InChI is InChI=1S/C11H22N2O2/c1-9-10(14)13(7-8-15-4)11(2,3)5-6-12-9/h9,12H,5-8H2,1-4H3. The Hall–Kier alpha value is -0.610. The van der Waals surface area contributed by atoms with E-state index in [4.69, 9.17) is 4.74 Å². The molecule has 1 N–H and O–H groups in total. The van der Waals surface area contributed by atoms with Crippen LogP contribution in [0, 0.1) is 0 Å². The number of ether oxygens (including phenoxy) is 1. The third-order valence-corrected chi connectivity index (χ3v) is 3.07. The van der Waals surface area contributed by atoms with E-state index in [2.05, 4.69) is 19.2 Å². The highest BCUT2D eigenvalue weighted by molar-refractivity contribution is 5.82. The van der Waals surface area contributed by atoms with Gasteiger partial charge in [-0.3, -0.25) is 4.79 Å². The van der Waals surface area contributed by atoms with Gasteiger partial charge in [0.2, 0.25) is 5.91 Å². The summed E-state index contributed by atoms with van der Waals surface area (Å²) in [7, 11) is 1.66. The fraction of sp³-hybridized carbons (Fsp3) is 0.909. The molecule has 1 rings (SSSR count). The SMILES string of the molecule is COCCN1C(=O)C(C)NCCC1(C)C. The topological polar surface area (TPSA) is 41.6 Å². The van der Waals surface area contributed by atoms with Gasteiger partial charge in [0.1, 0.15) is 0 Å². The molecule has 0 saturated carbocycles. The van der Waals surface area contributed by atoms with Crippen LogP contribution < -0.4 is 5.32 Å². The van der Waals surface area contributed by atoms with Crippen molar-refractivity contribution in [2.45, 2.75) is 38.8 Å². The van der Waals surface area contributed by atoms with Crippen molar-refractivity contribution in [1.29, 1.82) is 0 Å². The van der Waals surface area contributed by atoms with Gasteiger partial charge in [-0.2, -0.15) is 0 Å². The number of nitrogens with zero attached hydrogens (tertiary/aromatic N) is 1. The monoisotopic (exact) mass is 214 g/mol. The van der Waals surface area contributed by atoms with Gasteiger partial charge in [0.25, 0.3) is 0 Å². The first-order chi connectivity index (χ1) is 6.99. The highest BCUT2D eigenvalue weighted by Gasteiger charge is 2.35. The van der Waals surface area contributed by atoms with Crippen molar-refractivity contribution in [2.24, 2.45) is 0 Å². The van der Waals surface area contributed by atoms with Crippen molar-refractivity contribution >= 4 is 5.91 Å². The minimum Gasteiger partial charge on any atom is -0.383 e. The van der Waals surface area contributed by atoms with Crippen LogP contribution in [0.5, 0.6) is 0 Å². The van der Waals surface area contributed by atoms with Crippen LogP contribution in [-0.2, 0) is 9.53 Å². The zero-order valence-electron chi connectivity index (χ0n) is 10.2. The summed E-state index contributed by atoms with van der Waals surface area (Å²) in [5.41, 5.74) is -0.0760. The fourth-order valence-corrected chi connectivity index (χ4v) is 1.94. The molecule has 0 aromatic heterocycles. The van der Waals surface area contributed by atoms with Gasteiger partial charge in [-0.1, -0.05) is 0 Å². The molecule has 1 atom stereocenters. The molecular weight excluding hydrogens is 192 g/mol. The smallest absolute Gasteiger partial charge is 0.239 e. The van der Waals surface area contributed by atoms with Crippen molar-refractivity contribution in [3.63, 3.8) is 0 Å². The Labute approximate surface area is 92.0 Å². The van der Waals surface area contributed by atoms with E-state index >= 15 is 0 Å². The molecule has 1 saturated heterocycles. The first kappa shape index (κ1) is 12.5. The Balaban J connectivity index is 2.76. The molecule has 0 aromatic rings. The van der Waals surface area contributed by atoms with Gasteiger partial charge in [0.05, 0.1) is 12.6 Å². The minimum absolute atomic E-state index is 0.0760. The lowest BCUT2D eigenvalue weighted by atomic mass is 9.98. The first-order valence-corrected chi connectivity index (χ1v) is 5.53. The Morgan fingerprint density at radius 3 is 2.87 bits per heavy atom. The van der Waals surface area contributed by atoms with Crippen molar-refractivity contribution in [1.82, 2.24) is 10.2 Å². The van der Waals surface area contributed by atoms with Crippen LogP contribution in [0.3, 0.4) is 0 Å². The second kappa shape index (κ2) is 4.94. The number of carbonyl (C=O) groups is 1. The fourth-order valence-electron chi connectivity index (χ4n) is 1.94. The molecule has 1 amide bonds. The Morgan fingerprint density at radius 2 is 2.27 bits per heavy atom. The average molecular weight is 214 g/mol. The zero-order valence-corrected chi connectivity index (χ0v) is 10.2. The van der Waals surface area contributed by atoms with Crippen molar-refractivity contribution in [3.05, 3.63) is 0 Å². The van der Waals surface area contributed by atoms with Crippen LogP contribution in [0.15, 0.2) is 0 Å². The van der Waals surface area contributed by atoms with Crippen molar-refractivity contribution in [2.75, 3.05) is 26.8 Å². The minimum atomic E-state index is -0.0800. The summed E-state index contributed by atoms with van der Waals surface area (Å²) in [6.07, 6.45) is 0.979. The van der Waals surface area contributed by atoms with Crippen molar-refractivity contribution < 1.29 is 9.53 Å². The highest BCUT2D eigenvalue weighted by atomic mass is 16.5. The Morgan fingerprint density at radius 1 is 1.60 bits per heavy atom. The van der Waals surface area contributed by atoms with E-state index in [9.17, 15) is 4.79 Å². The third-order valence-electron chi connectivity index (χ3n) is 3.07. The molecule has 4 heteroatoms. The van der Waals surface area contributed by atoms with Gasteiger partial charge in [-0.25, -0.2) is 0 Å². The van der Waals surface area contributed by atoms with Crippen LogP contribution in [0.2, 0.25) is 0 Å². The Kier molecular flexibility index (Phi) is 4.11. The second-order valence-electron chi connectivity index (χ2n) is 4.72. The maximum atomic E-state index is 12.1.